The van der Waals surface area contributed by atoms with Crippen molar-refractivity contribution >= 4 is 51.1 Å². The summed E-state index contributed by atoms with van der Waals surface area (Å²) in [4.78, 5) is 12.2. The van der Waals surface area contributed by atoms with Crippen LogP contribution in [0.1, 0.15) is 25.0 Å². The molecule has 0 aliphatic rings. The molecule has 1 amide bonds. The van der Waals surface area contributed by atoms with E-state index in [-0.39, 0.29) is 12.5 Å². The molecule has 7 nitrogen and oxygen atoms in total. The first kappa shape index (κ1) is 23.6. The van der Waals surface area contributed by atoms with Crippen molar-refractivity contribution in [3.8, 4) is 11.5 Å². The number of nitrogens with one attached hydrogen (secondary N) is 3. The van der Waals surface area contributed by atoms with Crippen molar-refractivity contribution in [2.24, 2.45) is 5.10 Å². The molecule has 0 fully saturated rings. The maximum atomic E-state index is 12.2. The molecular formula is C21H25BrN4O3S. The van der Waals surface area contributed by atoms with Crippen LogP contribution in [0.5, 0.6) is 11.5 Å². The zero-order valence-electron chi connectivity index (χ0n) is 17.1. The van der Waals surface area contributed by atoms with Gasteiger partial charge in [0.2, 0.25) is 0 Å². The highest BCUT2D eigenvalue weighted by atomic mass is 79.9. The van der Waals surface area contributed by atoms with E-state index in [4.69, 9.17) is 21.7 Å². The van der Waals surface area contributed by atoms with Crippen LogP contribution in [-0.2, 0) is 4.79 Å². The van der Waals surface area contributed by atoms with Gasteiger partial charge < -0.3 is 20.1 Å². The predicted molar refractivity (Wildman–Crippen MR) is 128 cm³/mol. The van der Waals surface area contributed by atoms with Crippen molar-refractivity contribution < 1.29 is 14.3 Å². The summed E-state index contributed by atoms with van der Waals surface area (Å²) in [6, 6.07) is 11.2. The molecule has 3 N–H and O–H groups in total. The first-order valence-corrected chi connectivity index (χ1v) is 10.7. The first-order valence-electron chi connectivity index (χ1n) is 9.45. The van der Waals surface area contributed by atoms with Gasteiger partial charge in [0, 0.05) is 12.2 Å². The average molecular weight is 493 g/mol. The van der Waals surface area contributed by atoms with E-state index >= 15 is 0 Å². The quantitative estimate of drug-likeness (QED) is 0.278. The second-order valence-corrected chi connectivity index (χ2v) is 7.46. The van der Waals surface area contributed by atoms with Gasteiger partial charge in [-0.1, -0.05) is 17.7 Å². The lowest BCUT2D eigenvalue weighted by molar-refractivity contribution is -0.118. The number of hydrazone groups is 1. The third-order valence-electron chi connectivity index (χ3n) is 3.73. The summed E-state index contributed by atoms with van der Waals surface area (Å²) < 4.78 is 12.1. The minimum absolute atomic E-state index is 0.154. The third-order valence-corrected chi connectivity index (χ3v) is 4.56. The monoisotopic (exact) mass is 492 g/mol. The zero-order valence-corrected chi connectivity index (χ0v) is 19.5. The Hall–Kier alpha value is -2.65. The normalized spacial score (nSPS) is 10.5. The topological polar surface area (TPSA) is 84.0 Å². The van der Waals surface area contributed by atoms with Crippen LogP contribution in [-0.4, -0.2) is 37.0 Å². The van der Waals surface area contributed by atoms with Crippen molar-refractivity contribution in [1.29, 1.82) is 0 Å². The van der Waals surface area contributed by atoms with Crippen molar-refractivity contribution in [2.75, 3.05) is 25.1 Å². The number of carbonyl (C=O) groups excluding carboxylic acids is 1. The van der Waals surface area contributed by atoms with Crippen molar-refractivity contribution in [1.82, 2.24) is 10.7 Å². The molecule has 160 valence electrons. The minimum Gasteiger partial charge on any atom is -0.490 e. The molecule has 0 bridgehead atoms. The van der Waals surface area contributed by atoms with Gasteiger partial charge in [0.15, 0.2) is 23.2 Å². The van der Waals surface area contributed by atoms with Crippen LogP contribution in [0.3, 0.4) is 0 Å². The van der Waals surface area contributed by atoms with Gasteiger partial charge in [0.25, 0.3) is 5.91 Å². The number of anilines is 1. The van der Waals surface area contributed by atoms with Gasteiger partial charge in [-0.05, 0) is 78.7 Å². The summed E-state index contributed by atoms with van der Waals surface area (Å²) in [6.45, 7) is 6.81. The number of amides is 1. The van der Waals surface area contributed by atoms with E-state index in [0.29, 0.717) is 39.9 Å². The standard InChI is InChI=1S/C21H25BrN4O3S/c1-4-23-21(30)26-24-12-15-10-17(22)20(18(11-15)28-5-2)29-13-19(27)25-16-8-6-14(3)7-9-16/h6-12H,4-5,13H2,1-3H3,(H,25,27)(H2,23,26,30)/b24-12-. The lowest BCUT2D eigenvalue weighted by atomic mass is 10.2. The van der Waals surface area contributed by atoms with Crippen LogP contribution < -0.4 is 25.5 Å². The molecule has 2 aromatic rings. The lowest BCUT2D eigenvalue weighted by Gasteiger charge is -2.14. The molecule has 0 aliphatic heterocycles. The molecular weight excluding hydrogens is 468 g/mol. The van der Waals surface area contributed by atoms with Gasteiger partial charge in [-0.25, -0.2) is 0 Å². The molecule has 30 heavy (non-hydrogen) atoms. The number of hydrogen-bond donors (Lipinski definition) is 3. The van der Waals surface area contributed by atoms with E-state index in [1.54, 1.807) is 12.3 Å². The molecule has 0 radical (unpaired) electrons. The Morgan fingerprint density at radius 2 is 1.93 bits per heavy atom. The van der Waals surface area contributed by atoms with E-state index in [1.807, 2.05) is 51.1 Å². The van der Waals surface area contributed by atoms with E-state index in [0.717, 1.165) is 11.1 Å². The maximum Gasteiger partial charge on any atom is 0.262 e. The number of halogens is 1. The number of nitrogens with zero attached hydrogens (tertiary/aromatic N) is 1. The maximum absolute atomic E-state index is 12.2. The first-order chi connectivity index (χ1) is 14.4. The molecule has 0 heterocycles. The van der Waals surface area contributed by atoms with E-state index < -0.39 is 0 Å². The summed E-state index contributed by atoms with van der Waals surface area (Å²) in [7, 11) is 0. The summed E-state index contributed by atoms with van der Waals surface area (Å²) in [5.41, 5.74) is 5.34. The van der Waals surface area contributed by atoms with Gasteiger partial charge in [-0.2, -0.15) is 5.10 Å². The number of aryl methyl sites for hydroxylation is 1. The highest BCUT2D eigenvalue weighted by molar-refractivity contribution is 9.10. The van der Waals surface area contributed by atoms with E-state index in [9.17, 15) is 4.79 Å². The Morgan fingerprint density at radius 3 is 2.60 bits per heavy atom. The Balaban J connectivity index is 2.05. The summed E-state index contributed by atoms with van der Waals surface area (Å²) in [5.74, 6) is 0.690. The van der Waals surface area contributed by atoms with Gasteiger partial charge in [-0.15, -0.1) is 0 Å². The van der Waals surface area contributed by atoms with Crippen molar-refractivity contribution in [2.45, 2.75) is 20.8 Å². The van der Waals surface area contributed by atoms with Crippen LogP contribution >= 0.6 is 28.1 Å². The smallest absolute Gasteiger partial charge is 0.262 e. The minimum atomic E-state index is -0.264. The Bertz CT molecular complexity index is 904. The molecule has 0 unspecified atom stereocenters. The molecule has 0 saturated carbocycles. The summed E-state index contributed by atoms with van der Waals surface area (Å²) >= 11 is 8.55. The largest absolute Gasteiger partial charge is 0.490 e. The predicted octanol–water partition coefficient (Wildman–Crippen LogP) is 3.99. The number of hydrogen-bond acceptors (Lipinski definition) is 5. The fraction of sp³-hybridized carbons (Fsp3) is 0.286. The molecule has 0 spiro atoms. The van der Waals surface area contributed by atoms with Gasteiger partial charge in [0.1, 0.15) is 0 Å². The van der Waals surface area contributed by atoms with E-state index in [2.05, 4.69) is 37.1 Å². The fourth-order valence-electron chi connectivity index (χ4n) is 2.40. The number of thiocarbonyl (C=S) groups is 1. The molecule has 0 atom stereocenters. The fourth-order valence-corrected chi connectivity index (χ4v) is 3.17. The number of ether oxygens (including phenoxy) is 2. The summed E-state index contributed by atoms with van der Waals surface area (Å²) in [6.07, 6.45) is 1.62. The molecule has 0 aromatic heterocycles. The Kier molecular flexibility index (Phi) is 9.56. The van der Waals surface area contributed by atoms with Crippen LogP contribution in [0.25, 0.3) is 0 Å². The van der Waals surface area contributed by atoms with Crippen LogP contribution in [0.4, 0.5) is 5.69 Å². The second-order valence-electron chi connectivity index (χ2n) is 6.20. The van der Waals surface area contributed by atoms with Gasteiger partial charge >= 0.3 is 0 Å². The SMILES string of the molecule is CCNC(=S)N/N=C\c1cc(Br)c(OCC(=O)Nc2ccc(C)cc2)c(OCC)c1. The molecule has 0 aliphatic carbocycles. The Labute approximate surface area is 190 Å². The number of rotatable bonds is 9. The molecule has 0 saturated heterocycles. The van der Waals surface area contributed by atoms with Crippen molar-refractivity contribution in [3.63, 3.8) is 0 Å². The van der Waals surface area contributed by atoms with Crippen LogP contribution in [0, 0.1) is 6.92 Å². The zero-order chi connectivity index (χ0) is 21.9. The molecule has 9 heteroatoms. The highest BCUT2D eigenvalue weighted by Crippen LogP contribution is 2.36. The van der Waals surface area contributed by atoms with Gasteiger partial charge in [-0.3, -0.25) is 10.2 Å². The summed E-state index contributed by atoms with van der Waals surface area (Å²) in [5, 5.41) is 10.3. The molecule has 2 rings (SSSR count). The number of carbonyl (C=O) groups is 1. The number of benzene rings is 2. The second kappa shape index (κ2) is 12.1. The van der Waals surface area contributed by atoms with Crippen molar-refractivity contribution in [3.05, 3.63) is 52.0 Å². The average Bonchev–Trinajstić information content (AvgIpc) is 2.69. The highest BCUT2D eigenvalue weighted by Gasteiger charge is 2.14. The van der Waals surface area contributed by atoms with Gasteiger partial charge in [0.05, 0.1) is 17.3 Å². The van der Waals surface area contributed by atoms with Crippen LogP contribution in [0.15, 0.2) is 46.0 Å². The lowest BCUT2D eigenvalue weighted by Crippen LogP contribution is -2.31. The Morgan fingerprint density at radius 1 is 1.20 bits per heavy atom. The van der Waals surface area contributed by atoms with Crippen LogP contribution in [0.2, 0.25) is 0 Å². The van der Waals surface area contributed by atoms with E-state index in [1.165, 1.54) is 0 Å². The molecule has 2 aromatic carbocycles. The third kappa shape index (κ3) is 7.64.